The molecule has 4 heteroatoms. The highest BCUT2D eigenvalue weighted by Gasteiger charge is 2.40. The van der Waals surface area contributed by atoms with E-state index < -0.39 is 0 Å². The lowest BCUT2D eigenvalue weighted by molar-refractivity contribution is 0.0920. The lowest BCUT2D eigenvalue weighted by Gasteiger charge is -2.23. The Morgan fingerprint density at radius 1 is 1.33 bits per heavy atom. The van der Waals surface area contributed by atoms with Gasteiger partial charge in [0.05, 0.1) is 5.56 Å². The van der Waals surface area contributed by atoms with E-state index in [0.29, 0.717) is 17.5 Å². The summed E-state index contributed by atoms with van der Waals surface area (Å²) in [4.78, 5) is 13.0. The van der Waals surface area contributed by atoms with E-state index in [4.69, 9.17) is 0 Å². The number of hydrogen-bond acceptors (Lipinski definition) is 2. The molecule has 3 atom stereocenters. The second kappa shape index (κ2) is 4.89. The average Bonchev–Trinajstić information content (AvgIpc) is 2.90. The number of rotatable bonds is 2. The van der Waals surface area contributed by atoms with Gasteiger partial charge in [-0.15, -0.1) is 12.6 Å². The highest BCUT2D eigenvalue weighted by molar-refractivity contribution is 9.10. The number of nitrogens with one attached hydrogen (secondary N) is 1. The van der Waals surface area contributed by atoms with Gasteiger partial charge in [0, 0.05) is 15.4 Å². The van der Waals surface area contributed by atoms with Crippen LogP contribution in [0.3, 0.4) is 0 Å². The molecule has 2 saturated carbocycles. The molecule has 0 aromatic heterocycles. The van der Waals surface area contributed by atoms with Crippen LogP contribution in [0.1, 0.15) is 36.0 Å². The minimum atomic E-state index is 0.0186. The summed E-state index contributed by atoms with van der Waals surface area (Å²) in [6, 6.07) is 5.95. The van der Waals surface area contributed by atoms with Crippen LogP contribution < -0.4 is 5.32 Å². The van der Waals surface area contributed by atoms with Crippen molar-refractivity contribution in [3.8, 4) is 0 Å². The number of fused-ring (bicyclic) bond motifs is 2. The van der Waals surface area contributed by atoms with Crippen LogP contribution in [0.15, 0.2) is 27.6 Å². The minimum absolute atomic E-state index is 0.0186. The van der Waals surface area contributed by atoms with Crippen molar-refractivity contribution < 1.29 is 4.79 Å². The van der Waals surface area contributed by atoms with E-state index in [-0.39, 0.29) is 5.91 Å². The van der Waals surface area contributed by atoms with Crippen LogP contribution >= 0.6 is 28.6 Å². The van der Waals surface area contributed by atoms with Crippen molar-refractivity contribution >= 4 is 34.5 Å². The first-order valence-corrected chi connectivity index (χ1v) is 7.67. The molecule has 0 spiro atoms. The summed E-state index contributed by atoms with van der Waals surface area (Å²) in [5, 5.41) is 3.18. The van der Waals surface area contributed by atoms with Crippen molar-refractivity contribution in [2.24, 2.45) is 11.8 Å². The Morgan fingerprint density at radius 3 is 2.78 bits per heavy atom. The van der Waals surface area contributed by atoms with Gasteiger partial charge in [-0.2, -0.15) is 0 Å². The molecule has 1 N–H and O–H groups in total. The number of benzene rings is 1. The van der Waals surface area contributed by atoms with E-state index in [1.165, 1.54) is 19.3 Å². The van der Waals surface area contributed by atoms with Gasteiger partial charge in [0.1, 0.15) is 0 Å². The summed E-state index contributed by atoms with van der Waals surface area (Å²) >= 11 is 7.75. The average molecular weight is 326 g/mol. The van der Waals surface area contributed by atoms with Gasteiger partial charge in [-0.25, -0.2) is 0 Å². The number of halogens is 1. The molecule has 96 valence electrons. The molecular weight excluding hydrogens is 310 g/mol. The van der Waals surface area contributed by atoms with E-state index in [1.807, 2.05) is 18.2 Å². The van der Waals surface area contributed by atoms with E-state index in [0.717, 1.165) is 21.7 Å². The van der Waals surface area contributed by atoms with Gasteiger partial charge in [0.2, 0.25) is 0 Å². The van der Waals surface area contributed by atoms with Crippen molar-refractivity contribution in [3.63, 3.8) is 0 Å². The Hall–Kier alpha value is -0.480. The molecule has 2 nitrogen and oxygen atoms in total. The van der Waals surface area contributed by atoms with Gasteiger partial charge in [-0.05, 0) is 49.3 Å². The lowest BCUT2D eigenvalue weighted by atomic mass is 9.95. The van der Waals surface area contributed by atoms with Crippen molar-refractivity contribution in [2.45, 2.75) is 36.6 Å². The quantitative estimate of drug-likeness (QED) is 0.798. The second-order valence-corrected chi connectivity index (χ2v) is 6.81. The Balaban J connectivity index is 1.71. The molecule has 0 aliphatic heterocycles. The monoisotopic (exact) mass is 325 g/mol. The molecule has 1 amide bonds. The highest BCUT2D eigenvalue weighted by atomic mass is 79.9. The van der Waals surface area contributed by atoms with E-state index in [2.05, 4.69) is 33.9 Å². The molecule has 2 fully saturated rings. The fourth-order valence-electron chi connectivity index (χ4n) is 3.36. The first kappa shape index (κ1) is 12.5. The largest absolute Gasteiger partial charge is 0.349 e. The molecule has 3 rings (SSSR count). The smallest absolute Gasteiger partial charge is 0.252 e. The van der Waals surface area contributed by atoms with Crippen LogP contribution in [0.2, 0.25) is 0 Å². The maximum absolute atomic E-state index is 12.2. The summed E-state index contributed by atoms with van der Waals surface area (Å²) in [6.07, 6.45) is 5.10. The zero-order valence-electron chi connectivity index (χ0n) is 10.0. The highest BCUT2D eigenvalue weighted by Crippen LogP contribution is 2.44. The number of carbonyl (C=O) groups is 1. The molecule has 1 aromatic carbocycles. The van der Waals surface area contributed by atoms with Crippen molar-refractivity contribution in [2.75, 3.05) is 0 Å². The van der Waals surface area contributed by atoms with Gasteiger partial charge < -0.3 is 5.32 Å². The Morgan fingerprint density at radius 2 is 2.17 bits per heavy atom. The van der Waals surface area contributed by atoms with Crippen LogP contribution in [0.4, 0.5) is 0 Å². The standard InChI is InChI=1S/C14H16BrNOS/c15-10-3-4-11(13(18)7-10)14(17)16-12-6-8-1-2-9(12)5-8/h3-4,7-9,12,18H,1-2,5-6H2,(H,16,17). The molecule has 0 saturated heterocycles. The third-order valence-electron chi connectivity index (χ3n) is 4.26. The van der Waals surface area contributed by atoms with Crippen LogP contribution in [0.5, 0.6) is 0 Å². The number of thiol groups is 1. The molecule has 18 heavy (non-hydrogen) atoms. The lowest BCUT2D eigenvalue weighted by Crippen LogP contribution is -2.38. The normalized spacial score (nSPS) is 29.6. The third kappa shape index (κ3) is 2.32. The van der Waals surface area contributed by atoms with E-state index >= 15 is 0 Å². The maximum Gasteiger partial charge on any atom is 0.252 e. The van der Waals surface area contributed by atoms with Gasteiger partial charge in [-0.3, -0.25) is 4.79 Å². The van der Waals surface area contributed by atoms with Crippen LogP contribution in [-0.4, -0.2) is 11.9 Å². The number of amides is 1. The summed E-state index contributed by atoms with van der Waals surface area (Å²) in [5.41, 5.74) is 0.671. The fourth-order valence-corrected chi connectivity index (χ4v) is 4.22. The SMILES string of the molecule is O=C(NC1CC2CCC1C2)c1ccc(Br)cc1S. The summed E-state index contributed by atoms with van der Waals surface area (Å²) in [5.74, 6) is 1.57. The van der Waals surface area contributed by atoms with Crippen molar-refractivity contribution in [3.05, 3.63) is 28.2 Å². The summed E-state index contributed by atoms with van der Waals surface area (Å²) < 4.78 is 0.948. The molecule has 0 radical (unpaired) electrons. The molecular formula is C14H16BrNOS. The molecule has 1 aromatic rings. The van der Waals surface area contributed by atoms with E-state index in [9.17, 15) is 4.79 Å². The zero-order chi connectivity index (χ0) is 12.7. The fraction of sp³-hybridized carbons (Fsp3) is 0.500. The third-order valence-corrected chi connectivity index (χ3v) is 5.12. The van der Waals surface area contributed by atoms with Gasteiger partial charge in [0.15, 0.2) is 0 Å². The minimum Gasteiger partial charge on any atom is -0.349 e. The maximum atomic E-state index is 12.2. The van der Waals surface area contributed by atoms with Gasteiger partial charge >= 0.3 is 0 Å². The Kier molecular flexibility index (Phi) is 3.41. The predicted molar refractivity (Wildman–Crippen MR) is 78.1 cm³/mol. The van der Waals surface area contributed by atoms with Crippen LogP contribution in [0.25, 0.3) is 0 Å². The first-order chi connectivity index (χ1) is 8.63. The Bertz CT molecular complexity index is 491. The molecule has 2 bridgehead atoms. The van der Waals surface area contributed by atoms with Gasteiger partial charge in [0.25, 0.3) is 5.91 Å². The summed E-state index contributed by atoms with van der Waals surface area (Å²) in [6.45, 7) is 0. The Labute approximate surface area is 121 Å². The second-order valence-electron chi connectivity index (χ2n) is 5.42. The topological polar surface area (TPSA) is 29.1 Å². The molecule has 3 unspecified atom stereocenters. The molecule has 2 aliphatic rings. The van der Waals surface area contributed by atoms with Crippen LogP contribution in [0, 0.1) is 11.8 Å². The van der Waals surface area contributed by atoms with Crippen LogP contribution in [-0.2, 0) is 0 Å². The van der Waals surface area contributed by atoms with E-state index in [1.54, 1.807) is 0 Å². The van der Waals surface area contributed by atoms with Crippen molar-refractivity contribution in [1.29, 1.82) is 0 Å². The molecule has 0 heterocycles. The molecule has 2 aliphatic carbocycles. The number of carbonyl (C=O) groups excluding carboxylic acids is 1. The first-order valence-electron chi connectivity index (χ1n) is 6.43. The van der Waals surface area contributed by atoms with Crippen molar-refractivity contribution in [1.82, 2.24) is 5.32 Å². The number of hydrogen-bond donors (Lipinski definition) is 2. The summed E-state index contributed by atoms with van der Waals surface area (Å²) in [7, 11) is 0. The zero-order valence-corrected chi connectivity index (χ0v) is 12.5. The predicted octanol–water partition coefficient (Wildman–Crippen LogP) is 3.66. The van der Waals surface area contributed by atoms with Gasteiger partial charge in [-0.1, -0.05) is 22.4 Å².